The Hall–Kier alpha value is -4.40. The number of benzene rings is 2. The summed E-state index contributed by atoms with van der Waals surface area (Å²) < 4.78 is 26.2. The third kappa shape index (κ3) is 5.93. The van der Waals surface area contributed by atoms with Crippen molar-refractivity contribution in [1.29, 1.82) is 0 Å². The first-order valence-corrected chi connectivity index (χ1v) is 14.8. The molecule has 40 heavy (non-hydrogen) atoms. The number of hydrogen-bond donors (Lipinski definition) is 0. The average Bonchev–Trinajstić information content (AvgIpc) is 3.85. The molecule has 0 saturated heterocycles. The fraction of sp³-hybridized carbons (Fsp3) is 0.125. The van der Waals surface area contributed by atoms with Gasteiger partial charge in [0.1, 0.15) is 26.4 Å². The summed E-state index contributed by atoms with van der Waals surface area (Å²) in [7, 11) is 0. The standard InChI is InChI=1S/C16H13NO2S.C10H9N.C6H6O2S/c1-2-5-12(6-3-1)17-8-4-7-13(17)16-15-14(11-20-16)18-9-10-19-15;1-2-6-10(7-3-1)11-8-4-5-9-11;1-2-8-6-4-9-3-5(6)7-1/h1-8,11H,9-10H2;1-9H;3-4H,1-2H2. The van der Waals surface area contributed by atoms with E-state index in [0.29, 0.717) is 26.4 Å². The maximum atomic E-state index is 5.78. The van der Waals surface area contributed by atoms with E-state index in [-0.39, 0.29) is 0 Å². The molecule has 8 rings (SSSR count). The van der Waals surface area contributed by atoms with Crippen LogP contribution in [0.1, 0.15) is 0 Å². The molecule has 202 valence electrons. The van der Waals surface area contributed by atoms with Crippen molar-refractivity contribution in [2.75, 3.05) is 26.4 Å². The molecule has 0 N–H and O–H groups in total. The van der Waals surface area contributed by atoms with Crippen LogP contribution in [0.5, 0.6) is 23.0 Å². The third-order valence-corrected chi connectivity index (χ3v) is 7.83. The zero-order valence-electron chi connectivity index (χ0n) is 21.7. The van der Waals surface area contributed by atoms with Crippen molar-refractivity contribution in [2.45, 2.75) is 0 Å². The van der Waals surface area contributed by atoms with Gasteiger partial charge >= 0.3 is 0 Å². The van der Waals surface area contributed by atoms with E-state index < -0.39 is 0 Å². The number of para-hydroxylation sites is 2. The Balaban J connectivity index is 0.000000121. The first kappa shape index (κ1) is 25.9. The smallest absolute Gasteiger partial charge is 0.181 e. The maximum absolute atomic E-state index is 5.78. The Morgan fingerprint density at radius 2 is 1.12 bits per heavy atom. The van der Waals surface area contributed by atoms with E-state index in [9.17, 15) is 0 Å². The van der Waals surface area contributed by atoms with Crippen molar-refractivity contribution in [3.05, 3.63) is 120 Å². The summed E-state index contributed by atoms with van der Waals surface area (Å²) in [4.78, 5) is 1.12. The molecule has 2 aliphatic rings. The molecule has 6 aromatic rings. The average molecular weight is 569 g/mol. The predicted octanol–water partition coefficient (Wildman–Crippen LogP) is 7.97. The Morgan fingerprint density at radius 3 is 1.80 bits per heavy atom. The van der Waals surface area contributed by atoms with Crippen LogP contribution in [0.3, 0.4) is 0 Å². The highest BCUT2D eigenvalue weighted by atomic mass is 32.1. The topological polar surface area (TPSA) is 46.8 Å². The summed E-state index contributed by atoms with van der Waals surface area (Å²) in [5, 5.41) is 5.93. The fourth-order valence-electron chi connectivity index (χ4n) is 4.31. The molecule has 0 amide bonds. The van der Waals surface area contributed by atoms with E-state index in [1.165, 1.54) is 5.69 Å². The number of rotatable bonds is 3. The minimum Gasteiger partial charge on any atom is -0.485 e. The Labute approximate surface area is 241 Å². The first-order chi connectivity index (χ1) is 19.9. The van der Waals surface area contributed by atoms with Crippen LogP contribution in [0, 0.1) is 0 Å². The van der Waals surface area contributed by atoms with E-state index in [1.54, 1.807) is 22.7 Å². The molecule has 2 aliphatic heterocycles. The lowest BCUT2D eigenvalue weighted by Crippen LogP contribution is -2.14. The highest BCUT2D eigenvalue weighted by Crippen LogP contribution is 2.46. The van der Waals surface area contributed by atoms with Gasteiger partial charge in [0.15, 0.2) is 23.0 Å². The molecule has 6 nitrogen and oxygen atoms in total. The molecule has 8 heteroatoms. The number of hydrogen-bond acceptors (Lipinski definition) is 6. The van der Waals surface area contributed by atoms with Crippen LogP contribution >= 0.6 is 22.7 Å². The quantitative estimate of drug-likeness (QED) is 0.217. The van der Waals surface area contributed by atoms with E-state index >= 15 is 0 Å². The number of thiophene rings is 2. The lowest BCUT2D eigenvalue weighted by Gasteiger charge is -2.16. The highest BCUT2D eigenvalue weighted by Gasteiger charge is 2.21. The summed E-state index contributed by atoms with van der Waals surface area (Å²) in [6, 6.07) is 28.8. The number of aromatic nitrogens is 2. The summed E-state index contributed by atoms with van der Waals surface area (Å²) >= 11 is 3.27. The van der Waals surface area contributed by atoms with Gasteiger partial charge in [-0.2, -0.15) is 0 Å². The van der Waals surface area contributed by atoms with E-state index in [2.05, 4.69) is 51.7 Å². The summed E-state index contributed by atoms with van der Waals surface area (Å²) in [5.74, 6) is 3.52. The third-order valence-electron chi connectivity index (χ3n) is 6.17. The molecule has 4 aromatic heterocycles. The first-order valence-electron chi connectivity index (χ1n) is 13.0. The molecule has 0 aliphatic carbocycles. The zero-order valence-corrected chi connectivity index (χ0v) is 23.4. The Kier molecular flexibility index (Phi) is 8.17. The monoisotopic (exact) mass is 568 g/mol. The van der Waals surface area contributed by atoms with Gasteiger partial charge in [0.2, 0.25) is 0 Å². The van der Waals surface area contributed by atoms with Gasteiger partial charge in [-0.05, 0) is 48.5 Å². The van der Waals surface area contributed by atoms with E-state index in [4.69, 9.17) is 18.9 Å². The normalized spacial score (nSPS) is 12.9. The molecule has 0 unspecified atom stereocenters. The second kappa shape index (κ2) is 12.6. The minimum absolute atomic E-state index is 0.614. The molecular weight excluding hydrogens is 540 g/mol. The summed E-state index contributed by atoms with van der Waals surface area (Å²) in [5.41, 5.74) is 3.48. The molecule has 0 radical (unpaired) electrons. The SMILES string of the molecule is c1ccc(-n2cccc2)cc1.c1ccc(-n2cccc2-c2scc3c2OCCO3)cc1.c1scc2c1OCCO2. The molecule has 0 spiro atoms. The molecular formula is C32H28N2O4S2. The van der Waals surface area contributed by atoms with Gasteiger partial charge in [-0.25, -0.2) is 0 Å². The van der Waals surface area contributed by atoms with Crippen molar-refractivity contribution in [3.8, 4) is 44.9 Å². The predicted molar refractivity (Wildman–Crippen MR) is 161 cm³/mol. The van der Waals surface area contributed by atoms with Crippen molar-refractivity contribution >= 4 is 22.7 Å². The zero-order chi connectivity index (χ0) is 27.0. The molecule has 0 atom stereocenters. The van der Waals surface area contributed by atoms with Gasteiger partial charge in [0.25, 0.3) is 0 Å². The summed E-state index contributed by atoms with van der Waals surface area (Å²) in [6.45, 7) is 2.61. The van der Waals surface area contributed by atoms with Crippen molar-refractivity contribution in [2.24, 2.45) is 0 Å². The van der Waals surface area contributed by atoms with Gasteiger partial charge in [0.05, 0.1) is 10.6 Å². The van der Waals surface area contributed by atoms with E-state index in [1.807, 2.05) is 77.1 Å². The highest BCUT2D eigenvalue weighted by molar-refractivity contribution is 7.14. The minimum atomic E-state index is 0.614. The van der Waals surface area contributed by atoms with Gasteiger partial charge < -0.3 is 28.1 Å². The lowest BCUT2D eigenvalue weighted by atomic mass is 10.2. The second-order valence-electron chi connectivity index (χ2n) is 8.78. The van der Waals surface area contributed by atoms with Crippen molar-refractivity contribution < 1.29 is 18.9 Å². The van der Waals surface area contributed by atoms with Crippen LogP contribution in [0.15, 0.2) is 120 Å². The van der Waals surface area contributed by atoms with Gasteiger partial charge in [-0.15, -0.1) is 22.7 Å². The second-order valence-corrected chi connectivity index (χ2v) is 10.4. The lowest BCUT2D eigenvalue weighted by molar-refractivity contribution is 0.173. The van der Waals surface area contributed by atoms with Crippen LogP contribution < -0.4 is 18.9 Å². The molecule has 0 saturated carbocycles. The Bertz CT molecular complexity index is 1580. The number of nitrogens with zero attached hydrogens (tertiary/aromatic N) is 2. The van der Waals surface area contributed by atoms with Crippen molar-refractivity contribution in [3.63, 3.8) is 0 Å². The van der Waals surface area contributed by atoms with Gasteiger partial charge in [0, 0.05) is 46.1 Å². The van der Waals surface area contributed by atoms with E-state index in [0.717, 1.165) is 39.3 Å². The fourth-order valence-corrected chi connectivity index (χ4v) is 5.95. The van der Waals surface area contributed by atoms with Crippen LogP contribution in [0.25, 0.3) is 21.9 Å². The van der Waals surface area contributed by atoms with Crippen molar-refractivity contribution in [1.82, 2.24) is 9.13 Å². The number of ether oxygens (including phenoxy) is 4. The van der Waals surface area contributed by atoms with Crippen LogP contribution in [0.4, 0.5) is 0 Å². The Morgan fingerprint density at radius 1 is 0.525 bits per heavy atom. The van der Waals surface area contributed by atoms with Gasteiger partial charge in [-0.3, -0.25) is 0 Å². The maximum Gasteiger partial charge on any atom is 0.181 e. The molecule has 0 fully saturated rings. The van der Waals surface area contributed by atoms with Gasteiger partial charge in [-0.1, -0.05) is 36.4 Å². The largest absolute Gasteiger partial charge is 0.485 e. The number of fused-ring (bicyclic) bond motifs is 2. The molecule has 6 heterocycles. The summed E-state index contributed by atoms with van der Waals surface area (Å²) in [6.07, 6.45) is 6.14. The van der Waals surface area contributed by atoms with Crippen LogP contribution in [-0.4, -0.2) is 35.6 Å². The van der Waals surface area contributed by atoms with Crippen LogP contribution in [-0.2, 0) is 0 Å². The molecule has 2 aromatic carbocycles. The van der Waals surface area contributed by atoms with Crippen LogP contribution in [0.2, 0.25) is 0 Å². The molecule has 0 bridgehead atoms.